The van der Waals surface area contributed by atoms with Crippen LogP contribution in [0.15, 0.2) is 18.2 Å². The second-order valence-corrected chi connectivity index (χ2v) is 4.46. The van der Waals surface area contributed by atoms with Crippen molar-refractivity contribution >= 4 is 11.6 Å². The summed E-state index contributed by atoms with van der Waals surface area (Å²) >= 11 is 6.06. The van der Waals surface area contributed by atoms with Crippen molar-refractivity contribution in [2.24, 2.45) is 0 Å². The van der Waals surface area contributed by atoms with E-state index in [1.165, 1.54) is 11.1 Å². The minimum atomic E-state index is 0.224. The average molecular weight is 242 g/mol. The van der Waals surface area contributed by atoms with Crippen LogP contribution in [0.25, 0.3) is 0 Å². The minimum Gasteiger partial charge on any atom is -0.383 e. The molecular weight excluding hydrogens is 222 g/mol. The van der Waals surface area contributed by atoms with Crippen LogP contribution < -0.4 is 5.32 Å². The number of hydrogen-bond donors (Lipinski definition) is 1. The summed E-state index contributed by atoms with van der Waals surface area (Å²) in [5.74, 6) is 0. The van der Waals surface area contributed by atoms with Gasteiger partial charge in [-0.05, 0) is 43.1 Å². The molecule has 0 saturated carbocycles. The number of aryl methyl sites for hydroxylation is 1. The molecule has 1 aromatic carbocycles. The Labute approximate surface area is 103 Å². The van der Waals surface area contributed by atoms with Gasteiger partial charge < -0.3 is 10.1 Å². The van der Waals surface area contributed by atoms with Crippen molar-refractivity contribution < 1.29 is 4.74 Å². The van der Waals surface area contributed by atoms with E-state index >= 15 is 0 Å². The molecule has 1 aromatic rings. The first-order valence-electron chi connectivity index (χ1n) is 5.66. The van der Waals surface area contributed by atoms with Crippen molar-refractivity contribution in [2.45, 2.75) is 26.3 Å². The van der Waals surface area contributed by atoms with E-state index in [2.05, 4.69) is 25.2 Å². The van der Waals surface area contributed by atoms with Crippen molar-refractivity contribution in [3.8, 4) is 0 Å². The third kappa shape index (κ3) is 4.12. The highest BCUT2D eigenvalue weighted by Crippen LogP contribution is 2.20. The number of methoxy groups -OCH3 is 1. The Kier molecular flexibility index (Phi) is 5.81. The largest absolute Gasteiger partial charge is 0.383 e. The lowest BCUT2D eigenvalue weighted by Gasteiger charge is -2.18. The molecule has 0 aliphatic carbocycles. The Morgan fingerprint density at radius 3 is 2.69 bits per heavy atom. The first-order valence-corrected chi connectivity index (χ1v) is 6.04. The summed E-state index contributed by atoms with van der Waals surface area (Å²) in [5.41, 5.74) is 2.38. The summed E-state index contributed by atoms with van der Waals surface area (Å²) in [6, 6.07) is 6.34. The maximum Gasteiger partial charge on any atom is 0.0657 e. The van der Waals surface area contributed by atoms with Crippen LogP contribution >= 0.6 is 11.6 Å². The molecule has 90 valence electrons. The summed E-state index contributed by atoms with van der Waals surface area (Å²) in [6.07, 6.45) is 1.11. The number of ether oxygens (including phenoxy) is 1. The Balaban J connectivity index is 2.82. The molecule has 2 nitrogen and oxygen atoms in total. The molecule has 0 aliphatic heterocycles. The lowest BCUT2D eigenvalue weighted by atomic mass is 10.0. The quantitative estimate of drug-likeness (QED) is 0.825. The summed E-state index contributed by atoms with van der Waals surface area (Å²) in [4.78, 5) is 0. The molecule has 1 unspecified atom stereocenters. The fourth-order valence-corrected chi connectivity index (χ4v) is 2.02. The second kappa shape index (κ2) is 6.89. The molecule has 0 bridgehead atoms. The van der Waals surface area contributed by atoms with E-state index in [1.807, 2.05) is 12.1 Å². The molecule has 1 rings (SSSR count). The van der Waals surface area contributed by atoms with Crippen LogP contribution in [0.4, 0.5) is 0 Å². The fourth-order valence-electron chi connectivity index (χ4n) is 1.72. The van der Waals surface area contributed by atoms with Gasteiger partial charge in [0.2, 0.25) is 0 Å². The molecule has 0 aliphatic rings. The molecule has 0 fully saturated rings. The predicted molar refractivity (Wildman–Crippen MR) is 69.1 cm³/mol. The Hall–Kier alpha value is -0.570. The van der Waals surface area contributed by atoms with Crippen molar-refractivity contribution in [3.05, 3.63) is 34.3 Å². The number of nitrogens with one attached hydrogen (secondary N) is 1. The number of benzene rings is 1. The maximum atomic E-state index is 6.06. The number of halogens is 1. The molecule has 0 amide bonds. The van der Waals surface area contributed by atoms with Gasteiger partial charge >= 0.3 is 0 Å². The average Bonchev–Trinajstić information content (AvgIpc) is 2.22. The molecule has 0 aromatic heterocycles. The molecule has 0 saturated heterocycles. The predicted octanol–water partition coefficient (Wildman–Crippen LogP) is 3.34. The zero-order chi connectivity index (χ0) is 12.0. The lowest BCUT2D eigenvalue weighted by Crippen LogP contribution is -2.26. The van der Waals surface area contributed by atoms with Gasteiger partial charge in [-0.3, -0.25) is 0 Å². The SMILES string of the molecule is CCCNC(COC)c1cc(C)cc(Cl)c1. The highest BCUT2D eigenvalue weighted by molar-refractivity contribution is 6.30. The van der Waals surface area contributed by atoms with E-state index in [1.54, 1.807) is 7.11 Å². The third-order valence-corrected chi connectivity index (χ3v) is 2.66. The standard InChI is InChI=1S/C13H20ClNO/c1-4-5-15-13(9-16-3)11-6-10(2)7-12(14)8-11/h6-8,13,15H,4-5,9H2,1-3H3. The maximum absolute atomic E-state index is 6.06. The second-order valence-electron chi connectivity index (χ2n) is 4.02. The van der Waals surface area contributed by atoms with E-state index in [0.717, 1.165) is 18.0 Å². The molecule has 1 N–H and O–H groups in total. The molecule has 16 heavy (non-hydrogen) atoms. The van der Waals surface area contributed by atoms with Crippen molar-refractivity contribution in [1.29, 1.82) is 0 Å². The van der Waals surface area contributed by atoms with Crippen LogP contribution in [0.5, 0.6) is 0 Å². The van der Waals surface area contributed by atoms with Gasteiger partial charge in [0.1, 0.15) is 0 Å². The van der Waals surface area contributed by atoms with Gasteiger partial charge in [-0.2, -0.15) is 0 Å². The first-order chi connectivity index (χ1) is 7.67. The van der Waals surface area contributed by atoms with Gasteiger partial charge in [0.25, 0.3) is 0 Å². The number of rotatable bonds is 6. The van der Waals surface area contributed by atoms with Gasteiger partial charge in [0.15, 0.2) is 0 Å². The van der Waals surface area contributed by atoms with E-state index in [4.69, 9.17) is 16.3 Å². The lowest BCUT2D eigenvalue weighted by molar-refractivity contribution is 0.167. The number of hydrogen-bond acceptors (Lipinski definition) is 2. The Morgan fingerprint density at radius 2 is 2.12 bits per heavy atom. The van der Waals surface area contributed by atoms with Crippen LogP contribution in [-0.2, 0) is 4.74 Å². The molecule has 0 radical (unpaired) electrons. The molecule has 0 heterocycles. The molecule has 3 heteroatoms. The van der Waals surface area contributed by atoms with Crippen LogP contribution in [0.2, 0.25) is 5.02 Å². The molecule has 1 atom stereocenters. The van der Waals surface area contributed by atoms with Crippen molar-refractivity contribution in [2.75, 3.05) is 20.3 Å². The summed E-state index contributed by atoms with van der Waals surface area (Å²) < 4.78 is 5.23. The van der Waals surface area contributed by atoms with E-state index < -0.39 is 0 Å². The van der Waals surface area contributed by atoms with Crippen LogP contribution in [-0.4, -0.2) is 20.3 Å². The van der Waals surface area contributed by atoms with Gasteiger partial charge in [-0.25, -0.2) is 0 Å². The van der Waals surface area contributed by atoms with Crippen LogP contribution in [0.3, 0.4) is 0 Å². The van der Waals surface area contributed by atoms with Crippen LogP contribution in [0, 0.1) is 6.92 Å². The summed E-state index contributed by atoms with van der Waals surface area (Å²) in [7, 11) is 1.72. The van der Waals surface area contributed by atoms with E-state index in [-0.39, 0.29) is 6.04 Å². The first kappa shape index (κ1) is 13.5. The monoisotopic (exact) mass is 241 g/mol. The normalized spacial score (nSPS) is 12.8. The Bertz CT molecular complexity index is 307. The smallest absolute Gasteiger partial charge is 0.0657 e. The highest BCUT2D eigenvalue weighted by atomic mass is 35.5. The zero-order valence-electron chi connectivity index (χ0n) is 10.2. The Morgan fingerprint density at radius 1 is 1.38 bits per heavy atom. The fraction of sp³-hybridized carbons (Fsp3) is 0.538. The van der Waals surface area contributed by atoms with E-state index in [9.17, 15) is 0 Å². The molecular formula is C13H20ClNO. The topological polar surface area (TPSA) is 21.3 Å². The van der Waals surface area contributed by atoms with E-state index in [0.29, 0.717) is 6.61 Å². The van der Waals surface area contributed by atoms with Gasteiger partial charge in [0, 0.05) is 12.1 Å². The van der Waals surface area contributed by atoms with Gasteiger partial charge in [-0.1, -0.05) is 24.6 Å². The van der Waals surface area contributed by atoms with Crippen molar-refractivity contribution in [1.82, 2.24) is 5.32 Å². The zero-order valence-corrected chi connectivity index (χ0v) is 11.0. The van der Waals surface area contributed by atoms with Crippen LogP contribution in [0.1, 0.15) is 30.5 Å². The minimum absolute atomic E-state index is 0.224. The highest BCUT2D eigenvalue weighted by Gasteiger charge is 2.11. The summed E-state index contributed by atoms with van der Waals surface area (Å²) in [6.45, 7) is 5.86. The molecule has 0 spiro atoms. The van der Waals surface area contributed by atoms with Crippen molar-refractivity contribution in [3.63, 3.8) is 0 Å². The third-order valence-electron chi connectivity index (χ3n) is 2.44. The van der Waals surface area contributed by atoms with Gasteiger partial charge in [-0.15, -0.1) is 0 Å². The van der Waals surface area contributed by atoms with Gasteiger partial charge in [0.05, 0.1) is 12.6 Å². The summed E-state index contributed by atoms with van der Waals surface area (Å²) in [5, 5.41) is 4.24.